The Bertz CT molecular complexity index is 1800. The molecule has 4 aliphatic heterocycles. The summed E-state index contributed by atoms with van der Waals surface area (Å²) in [7, 11) is 0. The van der Waals surface area contributed by atoms with Crippen LogP contribution in [0.2, 0.25) is 0 Å². The Morgan fingerprint density at radius 1 is 0.792 bits per heavy atom. The summed E-state index contributed by atoms with van der Waals surface area (Å²) in [6.07, 6.45) is -0.0219. The van der Waals surface area contributed by atoms with Crippen LogP contribution in [0.4, 0.5) is 0 Å². The summed E-state index contributed by atoms with van der Waals surface area (Å²) in [6, 6.07) is 5.83. The van der Waals surface area contributed by atoms with Gasteiger partial charge >= 0.3 is 0 Å². The number of aromatic nitrogens is 1. The summed E-state index contributed by atoms with van der Waals surface area (Å²) in [5.74, 6) is -1.07. The Labute approximate surface area is 317 Å². The smallest absolute Gasteiger partial charge is 0.271 e. The van der Waals surface area contributed by atoms with Crippen LogP contribution in [0.3, 0.4) is 0 Å². The minimum atomic E-state index is -0.876. The Balaban J connectivity index is 1.34. The highest BCUT2D eigenvalue weighted by Crippen LogP contribution is 2.28. The molecule has 1 aromatic heterocycles. The van der Waals surface area contributed by atoms with Crippen LogP contribution in [0.1, 0.15) is 82.0 Å². The monoisotopic (exact) mass is 764 g/mol. The SMILES string of the molecule is CCC(C)C1NC(=O)C2=CSC(N2)C(C)NC(=O)C2N=C(OC2C)C(C(C)C)NC(=O)c2csc(n2)C(Cc2ccccc2)NC(=O)C2N=C1OC2C. The third-order valence-corrected chi connectivity index (χ3v) is 12.1. The summed E-state index contributed by atoms with van der Waals surface area (Å²) in [5, 5.41) is 19.1. The van der Waals surface area contributed by atoms with Gasteiger partial charge in [-0.15, -0.1) is 23.1 Å². The maximum atomic E-state index is 14.0. The lowest BCUT2D eigenvalue weighted by Gasteiger charge is -2.26. The standard InChI is InChI=1S/C37H48N8O6S2/c1-8-18(4)27-35-45-29(21(7)51-35)33(49)39-23(14-22-12-10-9-11-13-22)37-41-25(16-53-37)30(46)42-26(17(2)3)34-44-28(20(6)50-34)32(48)38-19(5)36-40-24(15-52-36)31(47)43-27/h9-13,15-21,23,26-29,36,40H,8,14H2,1-7H3,(H,38,48)(H,39,49)(H,42,46)(H,43,47). The lowest BCUT2D eigenvalue weighted by molar-refractivity contribution is -0.125. The number of ether oxygens (including phenoxy) is 2. The molecule has 0 radical (unpaired) electrons. The predicted molar refractivity (Wildman–Crippen MR) is 204 cm³/mol. The van der Waals surface area contributed by atoms with Gasteiger partial charge in [0.2, 0.25) is 23.6 Å². The van der Waals surface area contributed by atoms with E-state index in [2.05, 4.69) is 31.6 Å². The number of amides is 4. The van der Waals surface area contributed by atoms with E-state index in [0.29, 0.717) is 23.0 Å². The van der Waals surface area contributed by atoms with Crippen molar-refractivity contribution in [3.05, 3.63) is 63.1 Å². The number of thiazole rings is 1. The van der Waals surface area contributed by atoms with Crippen molar-refractivity contribution in [2.75, 3.05) is 0 Å². The van der Waals surface area contributed by atoms with Crippen LogP contribution in [-0.2, 0) is 30.3 Å². The Kier molecular flexibility index (Phi) is 11.8. The quantitative estimate of drug-likeness (QED) is 0.305. The minimum Gasteiger partial charge on any atom is -0.474 e. The fraction of sp³-hybridized carbons (Fsp3) is 0.541. The van der Waals surface area contributed by atoms with Gasteiger partial charge in [-0.05, 0) is 44.6 Å². The van der Waals surface area contributed by atoms with Crippen LogP contribution < -0.4 is 26.6 Å². The van der Waals surface area contributed by atoms with Gasteiger partial charge < -0.3 is 36.1 Å². The van der Waals surface area contributed by atoms with Gasteiger partial charge in [0.25, 0.3) is 11.8 Å². The largest absolute Gasteiger partial charge is 0.474 e. The number of nitrogens with one attached hydrogen (secondary N) is 5. The molecule has 1 aromatic carbocycles. The number of carbonyl (C=O) groups is 4. The summed E-state index contributed by atoms with van der Waals surface area (Å²) >= 11 is 2.66. The Morgan fingerprint density at radius 3 is 2.06 bits per heavy atom. The van der Waals surface area contributed by atoms with Crippen LogP contribution in [0.5, 0.6) is 0 Å². The van der Waals surface area contributed by atoms with Gasteiger partial charge in [0, 0.05) is 10.8 Å². The highest BCUT2D eigenvalue weighted by Gasteiger charge is 2.42. The van der Waals surface area contributed by atoms with Gasteiger partial charge in [0.05, 0.1) is 17.5 Å². The zero-order chi connectivity index (χ0) is 38.0. The molecule has 10 unspecified atom stereocenters. The van der Waals surface area contributed by atoms with Crippen molar-refractivity contribution in [2.24, 2.45) is 21.8 Å². The van der Waals surface area contributed by atoms with E-state index in [-0.39, 0.29) is 52.6 Å². The maximum absolute atomic E-state index is 14.0. The third-order valence-electron chi connectivity index (χ3n) is 9.91. The second-order valence-corrected chi connectivity index (χ2v) is 16.3. The van der Waals surface area contributed by atoms with Crippen LogP contribution in [0, 0.1) is 11.8 Å². The molecule has 0 aliphatic carbocycles. The van der Waals surface area contributed by atoms with Gasteiger partial charge in [-0.25, -0.2) is 15.0 Å². The first-order valence-electron chi connectivity index (χ1n) is 18.2. The number of rotatable bonds is 5. The molecular formula is C37H48N8O6S2. The van der Waals surface area contributed by atoms with Crippen LogP contribution in [0.15, 0.2) is 56.8 Å². The van der Waals surface area contributed by atoms with E-state index in [1.54, 1.807) is 24.6 Å². The van der Waals surface area contributed by atoms with E-state index in [1.165, 1.54) is 23.1 Å². The molecule has 0 spiro atoms. The number of hydrogen-bond donors (Lipinski definition) is 5. The van der Waals surface area contributed by atoms with Crippen molar-refractivity contribution in [1.82, 2.24) is 31.6 Å². The number of nitrogens with zero attached hydrogens (tertiary/aromatic N) is 3. The van der Waals surface area contributed by atoms with Gasteiger partial charge in [0.15, 0.2) is 12.1 Å². The average Bonchev–Trinajstić information content (AvgIpc) is 3.95. The first-order valence-corrected chi connectivity index (χ1v) is 20.0. The van der Waals surface area contributed by atoms with Crippen molar-refractivity contribution in [2.45, 2.75) is 115 Å². The average molecular weight is 765 g/mol. The highest BCUT2D eigenvalue weighted by molar-refractivity contribution is 8.03. The molecule has 14 nitrogen and oxygen atoms in total. The molecule has 0 saturated carbocycles. The molecule has 16 heteroatoms. The van der Waals surface area contributed by atoms with Crippen LogP contribution >= 0.6 is 23.1 Å². The summed E-state index contributed by atoms with van der Waals surface area (Å²) < 4.78 is 12.3. The summed E-state index contributed by atoms with van der Waals surface area (Å²) in [4.78, 5) is 68.9. The topological polar surface area (TPSA) is 184 Å². The number of benzene rings is 1. The molecular weight excluding hydrogens is 717 g/mol. The molecule has 0 saturated heterocycles. The third kappa shape index (κ3) is 8.53. The predicted octanol–water partition coefficient (Wildman–Crippen LogP) is 3.22. The fourth-order valence-electron chi connectivity index (χ4n) is 6.51. The molecule has 284 valence electrons. The Hall–Kier alpha value is -4.44. The molecule has 6 rings (SSSR count). The normalized spacial score (nSPS) is 31.3. The molecule has 2 aromatic rings. The second-order valence-electron chi connectivity index (χ2n) is 14.4. The minimum absolute atomic E-state index is 0.0592. The molecule has 5 heterocycles. The molecule has 53 heavy (non-hydrogen) atoms. The number of aliphatic imine (C=N–C) groups is 2. The summed E-state index contributed by atoms with van der Waals surface area (Å²) in [5.41, 5.74) is 1.51. The van der Waals surface area contributed by atoms with E-state index < -0.39 is 48.3 Å². The van der Waals surface area contributed by atoms with Crippen molar-refractivity contribution in [1.29, 1.82) is 0 Å². The lowest BCUT2D eigenvalue weighted by Crippen LogP contribution is -2.51. The van der Waals surface area contributed by atoms with E-state index in [9.17, 15) is 19.2 Å². The molecule has 4 amide bonds. The zero-order valence-corrected chi connectivity index (χ0v) is 32.5. The van der Waals surface area contributed by atoms with Crippen molar-refractivity contribution >= 4 is 58.5 Å². The van der Waals surface area contributed by atoms with Crippen molar-refractivity contribution < 1.29 is 28.7 Å². The van der Waals surface area contributed by atoms with Crippen molar-refractivity contribution in [3.63, 3.8) is 0 Å². The number of carbonyl (C=O) groups excluding carboxylic acids is 4. The van der Waals surface area contributed by atoms with Gasteiger partial charge in [0.1, 0.15) is 40.7 Å². The molecule has 5 N–H and O–H groups in total. The number of fused-ring (bicyclic) bond motifs is 6. The van der Waals surface area contributed by atoms with Gasteiger partial charge in [-0.1, -0.05) is 64.4 Å². The first kappa shape index (κ1) is 38.3. The van der Waals surface area contributed by atoms with Crippen molar-refractivity contribution in [3.8, 4) is 0 Å². The maximum Gasteiger partial charge on any atom is 0.271 e. The molecule has 10 atom stereocenters. The van der Waals surface area contributed by atoms with Gasteiger partial charge in [-0.2, -0.15) is 0 Å². The first-order chi connectivity index (χ1) is 25.3. The van der Waals surface area contributed by atoms with Crippen LogP contribution in [-0.4, -0.2) is 88.2 Å². The fourth-order valence-corrected chi connectivity index (χ4v) is 8.31. The highest BCUT2D eigenvalue weighted by atomic mass is 32.2. The van der Waals surface area contributed by atoms with E-state index >= 15 is 0 Å². The van der Waals surface area contributed by atoms with Gasteiger partial charge in [-0.3, -0.25) is 19.2 Å². The molecule has 8 bridgehead atoms. The number of hydrogen-bond acceptors (Lipinski definition) is 12. The second kappa shape index (κ2) is 16.3. The van der Waals surface area contributed by atoms with E-state index in [0.717, 1.165) is 12.0 Å². The van der Waals surface area contributed by atoms with Crippen LogP contribution in [0.25, 0.3) is 0 Å². The molecule has 4 aliphatic rings. The lowest BCUT2D eigenvalue weighted by atomic mass is 9.98. The summed E-state index contributed by atoms with van der Waals surface area (Å²) in [6.45, 7) is 13.3. The zero-order valence-electron chi connectivity index (χ0n) is 30.9. The Morgan fingerprint density at radius 2 is 1.42 bits per heavy atom. The molecule has 0 fully saturated rings. The number of thioether (sulfide) groups is 1. The van der Waals surface area contributed by atoms with E-state index in [1.807, 2.05) is 65.0 Å². The van der Waals surface area contributed by atoms with E-state index in [4.69, 9.17) is 19.5 Å².